The third kappa shape index (κ3) is 3.94. The zero-order valence-corrected chi connectivity index (χ0v) is 11.2. The molecule has 4 nitrogen and oxygen atoms in total. The minimum absolute atomic E-state index is 0.187. The monoisotopic (exact) mass is 273 g/mol. The number of carbonyl (C=O) groups excluding carboxylic acids is 1. The number of thiazole rings is 1. The van der Waals surface area contributed by atoms with Gasteiger partial charge >= 0.3 is 0 Å². The van der Waals surface area contributed by atoms with Crippen molar-refractivity contribution >= 4 is 28.8 Å². The number of amides is 1. The summed E-state index contributed by atoms with van der Waals surface area (Å²) >= 11 is 7.22. The topological polar surface area (TPSA) is 45.2 Å². The van der Waals surface area contributed by atoms with Gasteiger partial charge in [0.15, 0.2) is 0 Å². The van der Waals surface area contributed by atoms with Crippen molar-refractivity contribution in [3.63, 3.8) is 0 Å². The lowest BCUT2D eigenvalue weighted by molar-refractivity contribution is -0.131. The lowest BCUT2D eigenvalue weighted by Crippen LogP contribution is -2.40. The summed E-state index contributed by atoms with van der Waals surface area (Å²) in [6, 6.07) is 0. The maximum Gasteiger partial charge on any atom is 0.236 e. The predicted octanol–water partition coefficient (Wildman–Crippen LogP) is 1.90. The van der Waals surface area contributed by atoms with Crippen molar-refractivity contribution in [1.29, 1.82) is 0 Å². The van der Waals surface area contributed by atoms with E-state index in [1.54, 1.807) is 6.20 Å². The van der Waals surface area contributed by atoms with Crippen LogP contribution >= 0.6 is 22.9 Å². The number of aromatic nitrogens is 1. The minimum atomic E-state index is 0.187. The van der Waals surface area contributed by atoms with Crippen LogP contribution in [0.3, 0.4) is 0 Å². The fourth-order valence-electron chi connectivity index (χ4n) is 1.90. The van der Waals surface area contributed by atoms with Gasteiger partial charge in [0.2, 0.25) is 5.91 Å². The van der Waals surface area contributed by atoms with Gasteiger partial charge in [-0.05, 0) is 19.3 Å². The van der Waals surface area contributed by atoms with Crippen molar-refractivity contribution in [2.24, 2.45) is 0 Å². The van der Waals surface area contributed by atoms with Crippen molar-refractivity contribution in [1.82, 2.24) is 15.2 Å². The molecule has 0 unspecified atom stereocenters. The van der Waals surface area contributed by atoms with Gasteiger partial charge in [0.1, 0.15) is 9.34 Å². The van der Waals surface area contributed by atoms with Crippen LogP contribution in [0.2, 0.25) is 4.34 Å². The van der Waals surface area contributed by atoms with Crippen molar-refractivity contribution in [2.75, 3.05) is 19.6 Å². The average Bonchev–Trinajstić information content (AvgIpc) is 2.76. The first-order valence-corrected chi connectivity index (χ1v) is 7.04. The molecule has 2 heterocycles. The molecule has 2 rings (SSSR count). The van der Waals surface area contributed by atoms with E-state index in [9.17, 15) is 4.79 Å². The summed E-state index contributed by atoms with van der Waals surface area (Å²) in [5.74, 6) is 0.187. The van der Waals surface area contributed by atoms with Gasteiger partial charge in [-0.1, -0.05) is 11.6 Å². The van der Waals surface area contributed by atoms with Gasteiger partial charge in [0.25, 0.3) is 0 Å². The molecule has 6 heteroatoms. The first-order valence-electron chi connectivity index (χ1n) is 5.84. The molecular formula is C11H16ClN3OS. The molecule has 1 N–H and O–H groups in total. The van der Waals surface area contributed by atoms with Crippen LogP contribution < -0.4 is 5.32 Å². The second kappa shape index (κ2) is 6.33. The number of hydrogen-bond donors (Lipinski definition) is 1. The maximum absolute atomic E-state index is 11.8. The van der Waals surface area contributed by atoms with E-state index < -0.39 is 0 Å². The van der Waals surface area contributed by atoms with E-state index in [0.29, 0.717) is 17.4 Å². The van der Waals surface area contributed by atoms with Crippen LogP contribution in [0.5, 0.6) is 0 Å². The molecule has 17 heavy (non-hydrogen) atoms. The number of carbonyl (C=O) groups is 1. The summed E-state index contributed by atoms with van der Waals surface area (Å²) in [6.45, 7) is 2.81. The molecule has 0 aliphatic carbocycles. The summed E-state index contributed by atoms with van der Waals surface area (Å²) in [5, 5.41) is 4.03. The Kier molecular flexibility index (Phi) is 4.76. The number of hydrogen-bond acceptors (Lipinski definition) is 4. The predicted molar refractivity (Wildman–Crippen MR) is 69.3 cm³/mol. The van der Waals surface area contributed by atoms with Crippen LogP contribution in [0.25, 0.3) is 0 Å². The summed E-state index contributed by atoms with van der Waals surface area (Å²) < 4.78 is 0.684. The molecule has 94 valence electrons. The Morgan fingerprint density at radius 3 is 2.88 bits per heavy atom. The molecule has 0 aromatic carbocycles. The number of likely N-dealkylation sites (tertiary alicyclic amines) is 1. The Labute approximate surface area is 110 Å². The summed E-state index contributed by atoms with van der Waals surface area (Å²) in [5.41, 5.74) is 0. The van der Waals surface area contributed by atoms with Crippen LogP contribution in [0.4, 0.5) is 0 Å². The number of nitrogens with one attached hydrogen (secondary N) is 1. The van der Waals surface area contributed by atoms with Gasteiger partial charge in [-0.3, -0.25) is 4.79 Å². The van der Waals surface area contributed by atoms with E-state index in [1.807, 2.05) is 4.90 Å². The highest BCUT2D eigenvalue weighted by Crippen LogP contribution is 2.17. The highest BCUT2D eigenvalue weighted by molar-refractivity contribution is 7.15. The van der Waals surface area contributed by atoms with E-state index in [1.165, 1.54) is 17.8 Å². The van der Waals surface area contributed by atoms with Gasteiger partial charge in [0.05, 0.1) is 12.7 Å². The molecule has 0 saturated carbocycles. The summed E-state index contributed by atoms with van der Waals surface area (Å²) in [7, 11) is 0. The van der Waals surface area contributed by atoms with Gasteiger partial charge < -0.3 is 10.2 Å². The second-order valence-electron chi connectivity index (χ2n) is 4.10. The maximum atomic E-state index is 11.8. The Morgan fingerprint density at radius 1 is 1.47 bits per heavy atom. The normalized spacial score (nSPS) is 16.2. The SMILES string of the molecule is O=C(CNCc1ncc(Cl)s1)N1CCCCC1. The molecule has 1 saturated heterocycles. The fourth-order valence-corrected chi connectivity index (χ4v) is 2.83. The standard InChI is InChI=1S/C11H16ClN3OS/c12-9-6-14-10(17-9)7-13-8-11(16)15-4-2-1-3-5-15/h6,13H,1-5,7-8H2. The van der Waals surface area contributed by atoms with E-state index in [2.05, 4.69) is 10.3 Å². The Bertz CT molecular complexity index is 377. The number of piperidine rings is 1. The quantitative estimate of drug-likeness (QED) is 0.911. The van der Waals surface area contributed by atoms with Crippen molar-refractivity contribution in [3.05, 3.63) is 15.5 Å². The largest absolute Gasteiger partial charge is 0.342 e. The average molecular weight is 274 g/mol. The lowest BCUT2D eigenvalue weighted by atomic mass is 10.1. The first-order chi connectivity index (χ1) is 8.25. The molecule has 1 amide bonds. The Hall–Kier alpha value is -0.650. The van der Waals surface area contributed by atoms with Gasteiger partial charge in [-0.15, -0.1) is 11.3 Å². The molecule has 0 radical (unpaired) electrons. The van der Waals surface area contributed by atoms with E-state index >= 15 is 0 Å². The first kappa shape index (κ1) is 12.8. The van der Waals surface area contributed by atoms with Crippen LogP contribution in [-0.2, 0) is 11.3 Å². The molecule has 1 aromatic heterocycles. The zero-order chi connectivity index (χ0) is 12.1. The third-order valence-corrected chi connectivity index (χ3v) is 3.90. The molecule has 1 aliphatic rings. The van der Waals surface area contributed by atoms with E-state index in [0.717, 1.165) is 30.9 Å². The van der Waals surface area contributed by atoms with Crippen molar-refractivity contribution in [2.45, 2.75) is 25.8 Å². The molecule has 0 atom stereocenters. The summed E-state index contributed by atoms with van der Waals surface area (Å²) in [6.07, 6.45) is 5.15. The molecule has 0 spiro atoms. The van der Waals surface area contributed by atoms with Gasteiger partial charge in [0, 0.05) is 19.6 Å². The van der Waals surface area contributed by atoms with Gasteiger partial charge in [-0.25, -0.2) is 4.98 Å². The molecule has 1 aromatic rings. The number of nitrogens with zero attached hydrogens (tertiary/aromatic N) is 2. The van der Waals surface area contributed by atoms with Crippen molar-refractivity contribution in [3.8, 4) is 0 Å². The third-order valence-electron chi connectivity index (χ3n) is 2.79. The van der Waals surface area contributed by atoms with E-state index in [4.69, 9.17) is 11.6 Å². The second-order valence-corrected chi connectivity index (χ2v) is 5.85. The van der Waals surface area contributed by atoms with Crippen LogP contribution in [0.1, 0.15) is 24.3 Å². The van der Waals surface area contributed by atoms with Crippen LogP contribution in [-0.4, -0.2) is 35.4 Å². The Balaban J connectivity index is 1.69. The molecule has 1 aliphatic heterocycles. The fraction of sp³-hybridized carbons (Fsp3) is 0.636. The van der Waals surface area contributed by atoms with Crippen LogP contribution in [0, 0.1) is 0 Å². The zero-order valence-electron chi connectivity index (χ0n) is 9.62. The summed E-state index contributed by atoms with van der Waals surface area (Å²) in [4.78, 5) is 17.9. The number of rotatable bonds is 4. The molecule has 1 fully saturated rings. The Morgan fingerprint density at radius 2 is 2.24 bits per heavy atom. The molecule has 0 bridgehead atoms. The van der Waals surface area contributed by atoms with Crippen molar-refractivity contribution < 1.29 is 4.79 Å². The number of halogens is 1. The van der Waals surface area contributed by atoms with Crippen LogP contribution in [0.15, 0.2) is 6.20 Å². The van der Waals surface area contributed by atoms with E-state index in [-0.39, 0.29) is 5.91 Å². The molecular weight excluding hydrogens is 258 g/mol. The smallest absolute Gasteiger partial charge is 0.236 e. The lowest BCUT2D eigenvalue weighted by Gasteiger charge is -2.26. The highest BCUT2D eigenvalue weighted by Gasteiger charge is 2.15. The van der Waals surface area contributed by atoms with Gasteiger partial charge in [-0.2, -0.15) is 0 Å². The minimum Gasteiger partial charge on any atom is -0.342 e. The highest BCUT2D eigenvalue weighted by atomic mass is 35.5.